The Balaban J connectivity index is 2.14. The minimum absolute atomic E-state index is 0.786. The minimum atomic E-state index is 0.786. The smallest absolute Gasteiger partial charge is 0.0640 e. The number of nitrogens with one attached hydrogen (secondary N) is 1. The third-order valence-electron chi connectivity index (χ3n) is 2.62. The molecule has 1 aromatic carbocycles. The van der Waals surface area contributed by atoms with Gasteiger partial charge in [0.1, 0.15) is 0 Å². The third-order valence-corrected chi connectivity index (χ3v) is 3.95. The molecule has 0 aliphatic rings. The van der Waals surface area contributed by atoms with Crippen LogP contribution in [0.2, 0.25) is 5.02 Å². The van der Waals surface area contributed by atoms with Gasteiger partial charge in [0.05, 0.1) is 10.7 Å². The van der Waals surface area contributed by atoms with Gasteiger partial charge in [0, 0.05) is 11.4 Å². The van der Waals surface area contributed by atoms with Gasteiger partial charge in [0.25, 0.3) is 0 Å². The maximum Gasteiger partial charge on any atom is 0.0640 e. The Kier molecular flexibility index (Phi) is 3.52. The minimum Gasteiger partial charge on any atom is -0.379 e. The highest BCUT2D eigenvalue weighted by Crippen LogP contribution is 2.26. The van der Waals surface area contributed by atoms with Gasteiger partial charge in [-0.25, -0.2) is 0 Å². The van der Waals surface area contributed by atoms with Crippen LogP contribution in [0, 0.1) is 13.8 Å². The first-order valence-electron chi connectivity index (χ1n) is 5.20. The molecule has 2 rings (SSSR count). The van der Waals surface area contributed by atoms with E-state index < -0.39 is 0 Å². The molecule has 0 aliphatic heterocycles. The van der Waals surface area contributed by atoms with Crippen LogP contribution in [-0.4, -0.2) is 0 Å². The zero-order valence-electron chi connectivity index (χ0n) is 9.38. The second kappa shape index (κ2) is 4.89. The Hall–Kier alpha value is -0.990. The van der Waals surface area contributed by atoms with Crippen molar-refractivity contribution in [1.29, 1.82) is 0 Å². The molecule has 1 nitrogen and oxygen atoms in total. The molecule has 0 saturated heterocycles. The molecule has 0 atom stereocenters. The number of anilines is 1. The lowest BCUT2D eigenvalue weighted by atomic mass is 10.2. The number of thiophene rings is 1. The summed E-state index contributed by atoms with van der Waals surface area (Å²) in [4.78, 5) is 1.36. The van der Waals surface area contributed by atoms with Gasteiger partial charge in [-0.1, -0.05) is 23.7 Å². The lowest BCUT2D eigenvalue weighted by molar-refractivity contribution is 1.16. The molecule has 0 fully saturated rings. The summed E-state index contributed by atoms with van der Waals surface area (Å²) in [6.07, 6.45) is 0. The zero-order valence-corrected chi connectivity index (χ0v) is 11.0. The van der Waals surface area contributed by atoms with Crippen LogP contribution in [0.4, 0.5) is 5.69 Å². The van der Waals surface area contributed by atoms with Crippen molar-refractivity contribution in [2.24, 2.45) is 0 Å². The van der Waals surface area contributed by atoms with Crippen LogP contribution in [0.3, 0.4) is 0 Å². The molecule has 2 aromatic rings. The molecule has 3 heteroatoms. The number of rotatable bonds is 3. The molecule has 0 bridgehead atoms. The summed E-state index contributed by atoms with van der Waals surface area (Å²) < 4.78 is 0. The van der Waals surface area contributed by atoms with Crippen LogP contribution in [0.5, 0.6) is 0 Å². The van der Waals surface area contributed by atoms with Crippen LogP contribution in [-0.2, 0) is 6.54 Å². The Labute approximate surface area is 105 Å². The second-order valence-corrected chi connectivity index (χ2v) is 5.22. The van der Waals surface area contributed by atoms with E-state index >= 15 is 0 Å². The van der Waals surface area contributed by atoms with Crippen molar-refractivity contribution in [2.45, 2.75) is 20.4 Å². The Morgan fingerprint density at radius 3 is 2.62 bits per heavy atom. The summed E-state index contributed by atoms with van der Waals surface area (Å²) in [5.74, 6) is 0. The fourth-order valence-electron chi connectivity index (χ4n) is 1.61. The first-order chi connectivity index (χ1) is 7.68. The standard InChI is InChI=1S/C13H14ClNS/c1-9-6-7-16-12(9)8-15-13-10(2)4-3-5-11(13)14/h3-7,15H,8H2,1-2H3. The lowest BCUT2D eigenvalue weighted by Gasteiger charge is -2.10. The maximum atomic E-state index is 6.15. The molecular weight excluding hydrogens is 238 g/mol. The van der Waals surface area contributed by atoms with Crippen molar-refractivity contribution in [2.75, 3.05) is 5.32 Å². The molecule has 0 unspecified atom stereocenters. The average molecular weight is 252 g/mol. The van der Waals surface area contributed by atoms with Crippen molar-refractivity contribution < 1.29 is 0 Å². The topological polar surface area (TPSA) is 12.0 Å². The van der Waals surface area contributed by atoms with Crippen LogP contribution in [0.25, 0.3) is 0 Å². The van der Waals surface area contributed by atoms with Crippen LogP contribution >= 0.6 is 22.9 Å². The molecule has 0 saturated carbocycles. The van der Waals surface area contributed by atoms with E-state index in [0.717, 1.165) is 17.3 Å². The molecule has 0 amide bonds. The summed E-state index contributed by atoms with van der Waals surface area (Å²) in [6.45, 7) is 5.04. The van der Waals surface area contributed by atoms with Crippen molar-refractivity contribution in [3.05, 3.63) is 50.7 Å². The molecule has 1 heterocycles. The van der Waals surface area contributed by atoms with Gasteiger partial charge in [-0.3, -0.25) is 0 Å². The van der Waals surface area contributed by atoms with Crippen LogP contribution < -0.4 is 5.32 Å². The fraction of sp³-hybridized carbons (Fsp3) is 0.231. The van der Waals surface area contributed by atoms with E-state index in [4.69, 9.17) is 11.6 Å². The number of para-hydroxylation sites is 1. The molecule has 1 N–H and O–H groups in total. The summed E-state index contributed by atoms with van der Waals surface area (Å²) in [7, 11) is 0. The van der Waals surface area contributed by atoms with E-state index in [1.807, 2.05) is 12.1 Å². The first kappa shape index (κ1) is 11.5. The van der Waals surface area contributed by atoms with E-state index in [0.29, 0.717) is 0 Å². The highest BCUT2D eigenvalue weighted by atomic mass is 35.5. The number of benzene rings is 1. The number of hydrogen-bond acceptors (Lipinski definition) is 2. The predicted octanol–water partition coefficient (Wildman–Crippen LogP) is 4.63. The van der Waals surface area contributed by atoms with Crippen molar-refractivity contribution >= 4 is 28.6 Å². The predicted molar refractivity (Wildman–Crippen MR) is 72.6 cm³/mol. The van der Waals surface area contributed by atoms with Gasteiger partial charge in [-0.15, -0.1) is 11.3 Å². The summed E-state index contributed by atoms with van der Waals surface area (Å²) in [5.41, 5.74) is 3.56. The van der Waals surface area contributed by atoms with E-state index in [1.54, 1.807) is 11.3 Å². The lowest BCUT2D eigenvalue weighted by Crippen LogP contribution is -2.01. The quantitative estimate of drug-likeness (QED) is 0.839. The maximum absolute atomic E-state index is 6.15. The van der Waals surface area contributed by atoms with Crippen molar-refractivity contribution in [1.82, 2.24) is 0 Å². The zero-order chi connectivity index (χ0) is 11.5. The van der Waals surface area contributed by atoms with Gasteiger partial charge in [-0.05, 0) is 42.5 Å². The Morgan fingerprint density at radius 1 is 1.19 bits per heavy atom. The van der Waals surface area contributed by atoms with E-state index in [9.17, 15) is 0 Å². The first-order valence-corrected chi connectivity index (χ1v) is 6.46. The summed E-state index contributed by atoms with van der Waals surface area (Å²) in [5, 5.41) is 6.31. The molecule has 0 spiro atoms. The Morgan fingerprint density at radius 2 is 2.00 bits per heavy atom. The second-order valence-electron chi connectivity index (χ2n) is 3.81. The number of aryl methyl sites for hydroxylation is 2. The monoisotopic (exact) mass is 251 g/mol. The van der Waals surface area contributed by atoms with E-state index in [1.165, 1.54) is 16.0 Å². The highest BCUT2D eigenvalue weighted by molar-refractivity contribution is 7.10. The van der Waals surface area contributed by atoms with Gasteiger partial charge >= 0.3 is 0 Å². The SMILES string of the molecule is Cc1ccsc1CNc1c(C)cccc1Cl. The van der Waals surface area contributed by atoms with Gasteiger partial charge in [-0.2, -0.15) is 0 Å². The molecule has 0 aliphatic carbocycles. The van der Waals surface area contributed by atoms with E-state index in [2.05, 4.69) is 36.7 Å². The Bertz CT molecular complexity index is 470. The third kappa shape index (κ3) is 2.39. The summed E-state index contributed by atoms with van der Waals surface area (Å²) >= 11 is 7.93. The van der Waals surface area contributed by atoms with Gasteiger partial charge in [0.2, 0.25) is 0 Å². The largest absolute Gasteiger partial charge is 0.379 e. The number of hydrogen-bond donors (Lipinski definition) is 1. The molecule has 1 aromatic heterocycles. The van der Waals surface area contributed by atoms with Crippen LogP contribution in [0.15, 0.2) is 29.6 Å². The molecule has 0 radical (unpaired) electrons. The van der Waals surface area contributed by atoms with Crippen molar-refractivity contribution in [3.63, 3.8) is 0 Å². The molecule has 84 valence electrons. The average Bonchev–Trinajstić information content (AvgIpc) is 2.64. The van der Waals surface area contributed by atoms with Crippen LogP contribution in [0.1, 0.15) is 16.0 Å². The summed E-state index contributed by atoms with van der Waals surface area (Å²) in [6, 6.07) is 8.09. The normalized spacial score (nSPS) is 10.4. The fourth-order valence-corrected chi connectivity index (χ4v) is 2.74. The van der Waals surface area contributed by atoms with Crippen molar-refractivity contribution in [3.8, 4) is 0 Å². The van der Waals surface area contributed by atoms with E-state index in [-0.39, 0.29) is 0 Å². The molecular formula is C13H14ClNS. The molecule has 16 heavy (non-hydrogen) atoms. The highest BCUT2D eigenvalue weighted by Gasteiger charge is 2.04. The van der Waals surface area contributed by atoms with Gasteiger partial charge in [0.15, 0.2) is 0 Å². The van der Waals surface area contributed by atoms with Gasteiger partial charge < -0.3 is 5.32 Å². The number of halogens is 1.